The third-order valence-corrected chi connectivity index (χ3v) is 2.94. The third-order valence-electron chi connectivity index (χ3n) is 2.94. The summed E-state index contributed by atoms with van der Waals surface area (Å²) < 4.78 is 2.14. The summed E-state index contributed by atoms with van der Waals surface area (Å²) in [6.07, 6.45) is 1.80. The number of fused-ring (bicyclic) bond motifs is 1. The minimum atomic E-state index is -0.114. The van der Waals surface area contributed by atoms with Gasteiger partial charge in [-0.15, -0.1) is 0 Å². The molecule has 0 saturated carbocycles. The topological polar surface area (TPSA) is 56.7 Å². The SMILES string of the molecule is CCn1c(C(C)(C)CN)nc2cccnc21. The van der Waals surface area contributed by atoms with Crippen molar-refractivity contribution in [2.45, 2.75) is 32.7 Å². The van der Waals surface area contributed by atoms with Crippen LogP contribution in [0.1, 0.15) is 26.6 Å². The molecule has 86 valence electrons. The zero-order valence-electron chi connectivity index (χ0n) is 10.1. The highest BCUT2D eigenvalue weighted by Gasteiger charge is 2.26. The fourth-order valence-corrected chi connectivity index (χ4v) is 1.87. The summed E-state index contributed by atoms with van der Waals surface area (Å²) in [7, 11) is 0. The van der Waals surface area contributed by atoms with E-state index in [0.29, 0.717) is 6.54 Å². The maximum atomic E-state index is 5.81. The second-order valence-electron chi connectivity index (χ2n) is 4.61. The number of hydrogen-bond donors (Lipinski definition) is 1. The van der Waals surface area contributed by atoms with Crippen LogP contribution < -0.4 is 5.73 Å². The molecule has 0 unspecified atom stereocenters. The summed E-state index contributed by atoms with van der Waals surface area (Å²) in [6.45, 7) is 7.77. The van der Waals surface area contributed by atoms with Crippen LogP contribution in [0.2, 0.25) is 0 Å². The zero-order valence-corrected chi connectivity index (χ0v) is 10.1. The van der Waals surface area contributed by atoms with E-state index in [9.17, 15) is 0 Å². The second kappa shape index (κ2) is 3.87. The fourth-order valence-electron chi connectivity index (χ4n) is 1.87. The molecule has 0 saturated heterocycles. The van der Waals surface area contributed by atoms with Crippen LogP contribution in [-0.2, 0) is 12.0 Å². The van der Waals surface area contributed by atoms with Crippen molar-refractivity contribution in [3.05, 3.63) is 24.2 Å². The molecule has 0 aliphatic heterocycles. The van der Waals surface area contributed by atoms with Gasteiger partial charge in [-0.05, 0) is 19.1 Å². The zero-order chi connectivity index (χ0) is 11.8. The predicted octanol–water partition coefficient (Wildman–Crippen LogP) is 1.69. The average Bonchev–Trinajstić information content (AvgIpc) is 2.68. The van der Waals surface area contributed by atoms with Crippen LogP contribution in [0.25, 0.3) is 11.2 Å². The van der Waals surface area contributed by atoms with Gasteiger partial charge in [-0.3, -0.25) is 0 Å². The van der Waals surface area contributed by atoms with Crippen LogP contribution in [0.3, 0.4) is 0 Å². The molecule has 4 heteroatoms. The number of hydrogen-bond acceptors (Lipinski definition) is 3. The molecular formula is C12H18N4. The Morgan fingerprint density at radius 1 is 1.44 bits per heavy atom. The lowest BCUT2D eigenvalue weighted by Crippen LogP contribution is -2.31. The number of imidazole rings is 1. The van der Waals surface area contributed by atoms with Gasteiger partial charge in [-0.2, -0.15) is 0 Å². The summed E-state index contributed by atoms with van der Waals surface area (Å²) in [6, 6.07) is 3.90. The molecule has 0 atom stereocenters. The van der Waals surface area contributed by atoms with E-state index in [0.717, 1.165) is 23.5 Å². The van der Waals surface area contributed by atoms with Crippen LogP contribution >= 0.6 is 0 Å². The highest BCUT2D eigenvalue weighted by Crippen LogP contribution is 2.24. The molecule has 2 rings (SSSR count). The third kappa shape index (κ3) is 1.59. The Bertz CT molecular complexity index is 499. The fraction of sp³-hybridized carbons (Fsp3) is 0.500. The second-order valence-corrected chi connectivity index (χ2v) is 4.61. The van der Waals surface area contributed by atoms with Crippen molar-refractivity contribution in [1.29, 1.82) is 0 Å². The van der Waals surface area contributed by atoms with Crippen LogP contribution in [0, 0.1) is 0 Å². The van der Waals surface area contributed by atoms with E-state index in [4.69, 9.17) is 5.73 Å². The van der Waals surface area contributed by atoms with E-state index in [2.05, 4.69) is 35.3 Å². The van der Waals surface area contributed by atoms with Gasteiger partial charge in [0.25, 0.3) is 0 Å². The maximum Gasteiger partial charge on any atom is 0.159 e. The molecular weight excluding hydrogens is 200 g/mol. The Morgan fingerprint density at radius 3 is 2.81 bits per heavy atom. The normalized spacial score (nSPS) is 12.2. The standard InChI is InChI=1S/C12H18N4/c1-4-16-10-9(6-5-7-14-10)15-11(16)12(2,3)8-13/h5-7H,4,8,13H2,1-3H3. The van der Waals surface area contributed by atoms with Crippen molar-refractivity contribution in [3.8, 4) is 0 Å². The van der Waals surface area contributed by atoms with Gasteiger partial charge in [-0.25, -0.2) is 9.97 Å². The van der Waals surface area contributed by atoms with Crippen LogP contribution in [0.5, 0.6) is 0 Å². The predicted molar refractivity (Wildman–Crippen MR) is 65.3 cm³/mol. The summed E-state index contributed by atoms with van der Waals surface area (Å²) >= 11 is 0. The van der Waals surface area contributed by atoms with Crippen molar-refractivity contribution in [1.82, 2.24) is 14.5 Å². The van der Waals surface area contributed by atoms with E-state index in [-0.39, 0.29) is 5.41 Å². The number of aryl methyl sites for hydroxylation is 1. The van der Waals surface area contributed by atoms with E-state index in [1.807, 2.05) is 12.1 Å². The van der Waals surface area contributed by atoms with Gasteiger partial charge in [-0.1, -0.05) is 13.8 Å². The molecule has 2 N–H and O–H groups in total. The number of rotatable bonds is 3. The first-order valence-corrected chi connectivity index (χ1v) is 5.62. The highest BCUT2D eigenvalue weighted by atomic mass is 15.1. The van der Waals surface area contributed by atoms with Crippen LogP contribution in [0.4, 0.5) is 0 Å². The number of aromatic nitrogens is 3. The van der Waals surface area contributed by atoms with Gasteiger partial charge in [0, 0.05) is 24.7 Å². The Labute approximate surface area is 95.5 Å². The minimum absolute atomic E-state index is 0.114. The molecule has 0 bridgehead atoms. The Kier molecular flexibility index (Phi) is 2.68. The molecule has 4 nitrogen and oxygen atoms in total. The van der Waals surface area contributed by atoms with E-state index >= 15 is 0 Å². The van der Waals surface area contributed by atoms with Crippen molar-refractivity contribution in [2.75, 3.05) is 6.54 Å². The van der Waals surface area contributed by atoms with Crippen molar-refractivity contribution in [2.24, 2.45) is 5.73 Å². The largest absolute Gasteiger partial charge is 0.329 e. The van der Waals surface area contributed by atoms with Gasteiger partial charge in [0.15, 0.2) is 5.65 Å². The molecule has 0 amide bonds. The van der Waals surface area contributed by atoms with Crippen LogP contribution in [-0.4, -0.2) is 21.1 Å². The van der Waals surface area contributed by atoms with Gasteiger partial charge in [0.2, 0.25) is 0 Å². The molecule has 0 spiro atoms. The van der Waals surface area contributed by atoms with E-state index in [1.165, 1.54) is 0 Å². The molecule has 16 heavy (non-hydrogen) atoms. The Balaban J connectivity index is 2.70. The molecule has 0 fully saturated rings. The van der Waals surface area contributed by atoms with Crippen molar-refractivity contribution in [3.63, 3.8) is 0 Å². The molecule has 2 aromatic heterocycles. The number of nitrogens with two attached hydrogens (primary N) is 1. The van der Waals surface area contributed by atoms with E-state index < -0.39 is 0 Å². The monoisotopic (exact) mass is 218 g/mol. The maximum absolute atomic E-state index is 5.81. The average molecular weight is 218 g/mol. The summed E-state index contributed by atoms with van der Waals surface area (Å²) in [4.78, 5) is 9.03. The first-order valence-electron chi connectivity index (χ1n) is 5.62. The molecule has 0 aromatic carbocycles. The lowest BCUT2D eigenvalue weighted by Gasteiger charge is -2.22. The van der Waals surface area contributed by atoms with Crippen molar-refractivity contribution >= 4 is 11.2 Å². The van der Waals surface area contributed by atoms with Crippen LogP contribution in [0.15, 0.2) is 18.3 Å². The molecule has 0 radical (unpaired) electrons. The number of pyridine rings is 1. The van der Waals surface area contributed by atoms with Gasteiger partial charge >= 0.3 is 0 Å². The molecule has 2 aromatic rings. The van der Waals surface area contributed by atoms with Gasteiger partial charge < -0.3 is 10.3 Å². The first-order chi connectivity index (χ1) is 7.60. The molecule has 0 aliphatic rings. The summed E-state index contributed by atoms with van der Waals surface area (Å²) in [5.41, 5.74) is 7.59. The van der Waals surface area contributed by atoms with Crippen molar-refractivity contribution < 1.29 is 0 Å². The molecule has 0 aliphatic carbocycles. The lowest BCUT2D eigenvalue weighted by atomic mass is 9.93. The first kappa shape index (κ1) is 11.1. The number of nitrogens with zero attached hydrogens (tertiary/aromatic N) is 3. The summed E-state index contributed by atoms with van der Waals surface area (Å²) in [5, 5.41) is 0. The van der Waals surface area contributed by atoms with E-state index in [1.54, 1.807) is 6.20 Å². The smallest absolute Gasteiger partial charge is 0.159 e. The lowest BCUT2D eigenvalue weighted by molar-refractivity contribution is 0.476. The molecule has 2 heterocycles. The minimum Gasteiger partial charge on any atom is -0.329 e. The van der Waals surface area contributed by atoms with Gasteiger partial charge in [0.05, 0.1) is 0 Å². The summed E-state index contributed by atoms with van der Waals surface area (Å²) in [5.74, 6) is 1.02. The quantitative estimate of drug-likeness (QED) is 0.852. The Morgan fingerprint density at radius 2 is 2.19 bits per heavy atom. The Hall–Kier alpha value is -1.42. The highest BCUT2D eigenvalue weighted by molar-refractivity contribution is 5.71. The van der Waals surface area contributed by atoms with Gasteiger partial charge in [0.1, 0.15) is 11.3 Å².